The van der Waals surface area contributed by atoms with Gasteiger partial charge in [0.1, 0.15) is 11.5 Å². The van der Waals surface area contributed by atoms with Gasteiger partial charge in [-0.05, 0) is 30.7 Å². The Kier molecular flexibility index (Phi) is 5.01. The van der Waals surface area contributed by atoms with Crippen LogP contribution in [-0.2, 0) is 13.1 Å². The maximum Gasteiger partial charge on any atom is 0.122 e. The molecule has 0 aliphatic carbocycles. The lowest BCUT2D eigenvalue weighted by molar-refractivity contribution is 0.392. The number of hydrogen-bond acceptors (Lipinski definition) is 4. The molecule has 0 amide bonds. The maximum absolute atomic E-state index is 5.27. The Bertz CT molecular complexity index is 504. The van der Waals surface area contributed by atoms with Crippen molar-refractivity contribution in [1.29, 1.82) is 0 Å². The molecule has 1 aromatic carbocycles. The van der Waals surface area contributed by atoms with E-state index in [9.17, 15) is 0 Å². The maximum atomic E-state index is 5.27. The molecule has 1 atom stereocenters. The average Bonchev–Trinajstić information content (AvgIpc) is 2.97. The Morgan fingerprint density at radius 2 is 1.90 bits per heavy atom. The third kappa shape index (κ3) is 3.99. The normalized spacial score (nSPS) is 12.2. The van der Waals surface area contributed by atoms with Gasteiger partial charge < -0.3 is 14.8 Å². The predicted molar refractivity (Wildman–Crippen MR) is 78.1 cm³/mol. The minimum atomic E-state index is 0.326. The van der Waals surface area contributed by atoms with Gasteiger partial charge in [-0.15, -0.1) is 0 Å². The molecule has 20 heavy (non-hydrogen) atoms. The fourth-order valence-corrected chi connectivity index (χ4v) is 2.01. The number of benzene rings is 1. The SMILES string of the molecule is COc1cc(CNC(C)Cn2cccn2)cc(OC)c1. The van der Waals surface area contributed by atoms with Gasteiger partial charge in [-0.25, -0.2) is 0 Å². The minimum Gasteiger partial charge on any atom is -0.497 e. The number of nitrogens with zero attached hydrogens (tertiary/aromatic N) is 2. The molecule has 5 nitrogen and oxygen atoms in total. The summed E-state index contributed by atoms with van der Waals surface area (Å²) in [6, 6.07) is 8.15. The standard InChI is InChI=1S/C15H21N3O2/c1-12(11-18-6-4-5-17-18)16-10-13-7-14(19-2)9-15(8-13)20-3/h4-9,12,16H,10-11H2,1-3H3. The van der Waals surface area contributed by atoms with Crippen LogP contribution in [0.25, 0.3) is 0 Å². The van der Waals surface area contributed by atoms with E-state index in [0.29, 0.717) is 6.04 Å². The monoisotopic (exact) mass is 275 g/mol. The number of methoxy groups -OCH3 is 2. The van der Waals surface area contributed by atoms with E-state index in [2.05, 4.69) is 17.3 Å². The van der Waals surface area contributed by atoms with Crippen molar-refractivity contribution in [2.45, 2.75) is 26.1 Å². The fourth-order valence-electron chi connectivity index (χ4n) is 2.01. The lowest BCUT2D eigenvalue weighted by Crippen LogP contribution is -2.30. The highest BCUT2D eigenvalue weighted by molar-refractivity contribution is 5.38. The first kappa shape index (κ1) is 14.4. The van der Waals surface area contributed by atoms with Crippen molar-refractivity contribution >= 4 is 0 Å². The molecule has 1 N–H and O–H groups in total. The van der Waals surface area contributed by atoms with Crippen molar-refractivity contribution in [2.24, 2.45) is 0 Å². The first-order valence-corrected chi connectivity index (χ1v) is 6.64. The van der Waals surface area contributed by atoms with Crippen molar-refractivity contribution in [3.05, 3.63) is 42.2 Å². The molecule has 0 radical (unpaired) electrons. The molecular weight excluding hydrogens is 254 g/mol. The van der Waals surface area contributed by atoms with Crippen molar-refractivity contribution in [3.8, 4) is 11.5 Å². The van der Waals surface area contributed by atoms with Crippen LogP contribution in [0.5, 0.6) is 11.5 Å². The summed E-state index contributed by atoms with van der Waals surface area (Å²) >= 11 is 0. The molecule has 1 aromatic heterocycles. The Labute approximate surface area is 119 Å². The Balaban J connectivity index is 1.92. The number of aromatic nitrogens is 2. The van der Waals surface area contributed by atoms with Crippen LogP contribution in [0.1, 0.15) is 12.5 Å². The van der Waals surface area contributed by atoms with Gasteiger partial charge in [-0.3, -0.25) is 4.68 Å². The lowest BCUT2D eigenvalue weighted by Gasteiger charge is -2.15. The molecule has 0 spiro atoms. The van der Waals surface area contributed by atoms with E-state index in [0.717, 1.165) is 30.2 Å². The quantitative estimate of drug-likeness (QED) is 0.840. The molecular formula is C15H21N3O2. The van der Waals surface area contributed by atoms with Gasteiger partial charge in [0, 0.05) is 31.0 Å². The smallest absolute Gasteiger partial charge is 0.122 e. The molecule has 0 saturated carbocycles. The molecule has 108 valence electrons. The highest BCUT2D eigenvalue weighted by Gasteiger charge is 2.05. The van der Waals surface area contributed by atoms with E-state index in [1.807, 2.05) is 35.1 Å². The van der Waals surface area contributed by atoms with Crippen LogP contribution in [-0.4, -0.2) is 30.0 Å². The second-order valence-electron chi connectivity index (χ2n) is 4.73. The topological polar surface area (TPSA) is 48.3 Å². The van der Waals surface area contributed by atoms with Crippen molar-refractivity contribution in [2.75, 3.05) is 14.2 Å². The molecule has 2 rings (SSSR count). The van der Waals surface area contributed by atoms with Gasteiger partial charge in [0.05, 0.1) is 20.8 Å². The largest absolute Gasteiger partial charge is 0.497 e. The van der Waals surface area contributed by atoms with E-state index in [1.54, 1.807) is 20.4 Å². The fraction of sp³-hybridized carbons (Fsp3) is 0.400. The summed E-state index contributed by atoms with van der Waals surface area (Å²) in [6.07, 6.45) is 3.76. The molecule has 5 heteroatoms. The summed E-state index contributed by atoms with van der Waals surface area (Å²) in [5, 5.41) is 7.67. The van der Waals surface area contributed by atoms with Gasteiger partial charge >= 0.3 is 0 Å². The van der Waals surface area contributed by atoms with Crippen LogP contribution in [0, 0.1) is 0 Å². The molecule has 1 heterocycles. The predicted octanol–water partition coefficient (Wildman–Crippen LogP) is 2.08. The second-order valence-corrected chi connectivity index (χ2v) is 4.73. The van der Waals surface area contributed by atoms with Crippen molar-refractivity contribution < 1.29 is 9.47 Å². The summed E-state index contributed by atoms with van der Waals surface area (Å²) in [6.45, 7) is 3.74. The number of hydrogen-bond donors (Lipinski definition) is 1. The van der Waals surface area contributed by atoms with Gasteiger partial charge in [-0.2, -0.15) is 5.10 Å². The van der Waals surface area contributed by atoms with Crippen LogP contribution in [0.2, 0.25) is 0 Å². The average molecular weight is 275 g/mol. The summed E-state index contributed by atoms with van der Waals surface area (Å²) in [5.41, 5.74) is 1.13. The van der Waals surface area contributed by atoms with Crippen LogP contribution < -0.4 is 14.8 Å². The van der Waals surface area contributed by atoms with Gasteiger partial charge in [0.25, 0.3) is 0 Å². The van der Waals surface area contributed by atoms with Crippen LogP contribution >= 0.6 is 0 Å². The summed E-state index contributed by atoms with van der Waals surface area (Å²) < 4.78 is 12.5. The molecule has 1 unspecified atom stereocenters. The number of nitrogens with one attached hydrogen (secondary N) is 1. The first-order chi connectivity index (χ1) is 9.71. The van der Waals surface area contributed by atoms with E-state index >= 15 is 0 Å². The molecule has 0 fully saturated rings. The molecule has 0 aliphatic rings. The van der Waals surface area contributed by atoms with Gasteiger partial charge in [-0.1, -0.05) is 0 Å². The summed E-state index contributed by atoms with van der Waals surface area (Å²) in [4.78, 5) is 0. The first-order valence-electron chi connectivity index (χ1n) is 6.64. The van der Waals surface area contributed by atoms with Crippen molar-refractivity contribution in [3.63, 3.8) is 0 Å². The Morgan fingerprint density at radius 3 is 2.45 bits per heavy atom. The second kappa shape index (κ2) is 6.96. The molecule has 2 aromatic rings. The minimum absolute atomic E-state index is 0.326. The number of rotatable bonds is 7. The number of ether oxygens (including phenoxy) is 2. The summed E-state index contributed by atoms with van der Waals surface area (Å²) in [7, 11) is 3.32. The third-order valence-corrected chi connectivity index (χ3v) is 3.09. The highest BCUT2D eigenvalue weighted by Crippen LogP contribution is 2.22. The van der Waals surface area contributed by atoms with Gasteiger partial charge in [0.2, 0.25) is 0 Å². The van der Waals surface area contributed by atoms with Crippen LogP contribution in [0.15, 0.2) is 36.7 Å². The van der Waals surface area contributed by atoms with E-state index in [-0.39, 0.29) is 0 Å². The zero-order valence-corrected chi connectivity index (χ0v) is 12.2. The van der Waals surface area contributed by atoms with Crippen LogP contribution in [0.3, 0.4) is 0 Å². The van der Waals surface area contributed by atoms with Crippen LogP contribution in [0.4, 0.5) is 0 Å². The van der Waals surface area contributed by atoms with E-state index in [4.69, 9.17) is 9.47 Å². The zero-order chi connectivity index (χ0) is 14.4. The lowest BCUT2D eigenvalue weighted by atomic mass is 10.2. The van der Waals surface area contributed by atoms with Crippen molar-refractivity contribution in [1.82, 2.24) is 15.1 Å². The molecule has 0 bridgehead atoms. The van der Waals surface area contributed by atoms with Gasteiger partial charge in [0.15, 0.2) is 0 Å². The Morgan fingerprint density at radius 1 is 1.20 bits per heavy atom. The Hall–Kier alpha value is -2.01. The summed E-state index contributed by atoms with van der Waals surface area (Å²) in [5.74, 6) is 1.61. The zero-order valence-electron chi connectivity index (χ0n) is 12.2. The highest BCUT2D eigenvalue weighted by atomic mass is 16.5. The molecule has 0 aliphatic heterocycles. The third-order valence-electron chi connectivity index (χ3n) is 3.09. The van der Waals surface area contributed by atoms with E-state index < -0.39 is 0 Å². The molecule has 0 saturated heterocycles. The van der Waals surface area contributed by atoms with E-state index in [1.165, 1.54) is 0 Å².